The van der Waals surface area contributed by atoms with Crippen LogP contribution in [0.3, 0.4) is 0 Å². The molecule has 1 aromatic heterocycles. The molecule has 1 heterocycles. The summed E-state index contributed by atoms with van der Waals surface area (Å²) in [5.41, 5.74) is 2.16. The molecule has 0 bridgehead atoms. The summed E-state index contributed by atoms with van der Waals surface area (Å²) < 4.78 is 5.15. The fourth-order valence-corrected chi connectivity index (χ4v) is 2.29. The normalized spacial score (nSPS) is 16.1. The summed E-state index contributed by atoms with van der Waals surface area (Å²) in [5, 5.41) is 10.7. The van der Waals surface area contributed by atoms with E-state index in [0.29, 0.717) is 6.04 Å². The minimum atomic E-state index is 0.477. The third-order valence-corrected chi connectivity index (χ3v) is 3.42. The van der Waals surface area contributed by atoms with E-state index in [9.17, 15) is 0 Å². The molecule has 1 aromatic rings. The van der Waals surface area contributed by atoms with Gasteiger partial charge in [0.2, 0.25) is 0 Å². The van der Waals surface area contributed by atoms with Crippen LogP contribution in [0.2, 0.25) is 0 Å². The first-order valence-corrected chi connectivity index (χ1v) is 6.74. The first-order valence-electron chi connectivity index (χ1n) is 6.74. The third-order valence-electron chi connectivity index (χ3n) is 3.42. The highest BCUT2D eigenvalue weighted by atomic mass is 16.5. The number of hydrogen-bond acceptors (Lipinski definition) is 3. The monoisotopic (exact) mass is 262 g/mol. The van der Waals surface area contributed by atoms with Crippen LogP contribution in [0.15, 0.2) is 21.7 Å². The van der Waals surface area contributed by atoms with Gasteiger partial charge in [-0.3, -0.25) is 4.99 Å². The Balaban J connectivity index is 1.77. The lowest BCUT2D eigenvalue weighted by Gasteiger charge is -2.16. The van der Waals surface area contributed by atoms with Gasteiger partial charge in [0.1, 0.15) is 5.76 Å². The Morgan fingerprint density at radius 3 is 2.74 bits per heavy atom. The molecule has 0 saturated carbocycles. The molecular weight excluding hydrogens is 240 g/mol. The number of rotatable bonds is 4. The number of hydrogen-bond donors (Lipinski definition) is 2. The molecule has 104 valence electrons. The Kier molecular flexibility index (Phi) is 4.60. The van der Waals surface area contributed by atoms with Crippen molar-refractivity contribution in [2.45, 2.75) is 39.2 Å². The molecule has 0 fully saturated rings. The molecule has 1 aliphatic rings. The molecule has 0 atom stereocenters. The predicted molar refractivity (Wildman–Crippen MR) is 76.3 cm³/mol. The van der Waals surface area contributed by atoms with Gasteiger partial charge < -0.3 is 15.2 Å². The van der Waals surface area contributed by atoms with E-state index in [0.717, 1.165) is 43.2 Å². The van der Waals surface area contributed by atoms with E-state index in [2.05, 4.69) is 32.9 Å². The van der Waals surface area contributed by atoms with E-state index in [-0.39, 0.29) is 0 Å². The molecule has 2 rings (SSSR count). The minimum Gasteiger partial charge on any atom is -0.361 e. The lowest BCUT2D eigenvalue weighted by Crippen LogP contribution is -2.43. The van der Waals surface area contributed by atoms with Crippen molar-refractivity contribution >= 4 is 5.96 Å². The van der Waals surface area contributed by atoms with Crippen molar-refractivity contribution in [3.63, 3.8) is 0 Å². The van der Waals surface area contributed by atoms with Gasteiger partial charge >= 0.3 is 0 Å². The molecule has 19 heavy (non-hydrogen) atoms. The highest BCUT2D eigenvalue weighted by Crippen LogP contribution is 2.12. The van der Waals surface area contributed by atoms with E-state index >= 15 is 0 Å². The van der Waals surface area contributed by atoms with Gasteiger partial charge in [-0.15, -0.1) is 0 Å². The summed E-state index contributed by atoms with van der Waals surface area (Å²) in [6, 6.07) is 0.477. The number of aryl methyl sites for hydroxylation is 2. The number of guanidine groups is 1. The summed E-state index contributed by atoms with van der Waals surface area (Å²) in [7, 11) is 1.80. The highest BCUT2D eigenvalue weighted by Gasteiger charge is 2.12. The van der Waals surface area contributed by atoms with Crippen LogP contribution < -0.4 is 10.6 Å². The average Bonchev–Trinajstić information content (AvgIpc) is 3.01. The van der Waals surface area contributed by atoms with Crippen molar-refractivity contribution in [3.8, 4) is 0 Å². The van der Waals surface area contributed by atoms with E-state index in [1.54, 1.807) is 7.05 Å². The fourth-order valence-electron chi connectivity index (χ4n) is 2.29. The molecule has 0 aliphatic heterocycles. The predicted octanol–water partition coefficient (Wildman–Crippen LogP) is 1.72. The molecule has 0 amide bonds. The van der Waals surface area contributed by atoms with Crippen LogP contribution in [-0.4, -0.2) is 30.8 Å². The minimum absolute atomic E-state index is 0.477. The van der Waals surface area contributed by atoms with Gasteiger partial charge in [-0.2, -0.15) is 0 Å². The van der Waals surface area contributed by atoms with Gasteiger partial charge in [-0.1, -0.05) is 17.3 Å². The first kappa shape index (κ1) is 13.6. The Labute approximate surface area is 114 Å². The smallest absolute Gasteiger partial charge is 0.191 e. The number of aromatic nitrogens is 1. The standard InChI is InChI=1S/C14H22N4O/c1-10-13(11(2)19-18-10)8-9-16-14(15-3)17-12-6-4-5-7-12/h4-5,12H,6-9H2,1-3H3,(H2,15,16,17). The molecular formula is C14H22N4O. The molecule has 5 heteroatoms. The van der Waals surface area contributed by atoms with Crippen molar-refractivity contribution in [3.05, 3.63) is 29.2 Å². The second-order valence-electron chi connectivity index (χ2n) is 4.84. The SMILES string of the molecule is CN=C(NCCc1c(C)noc1C)NC1CC=CC1. The fraction of sp³-hybridized carbons (Fsp3) is 0.571. The molecule has 2 N–H and O–H groups in total. The van der Waals surface area contributed by atoms with Gasteiger partial charge in [0.25, 0.3) is 0 Å². The average molecular weight is 262 g/mol. The summed E-state index contributed by atoms with van der Waals surface area (Å²) in [6.07, 6.45) is 7.45. The second-order valence-corrected chi connectivity index (χ2v) is 4.84. The Morgan fingerprint density at radius 1 is 1.42 bits per heavy atom. The van der Waals surface area contributed by atoms with Gasteiger partial charge in [-0.05, 0) is 33.1 Å². The van der Waals surface area contributed by atoms with Gasteiger partial charge in [0.15, 0.2) is 5.96 Å². The lowest BCUT2D eigenvalue weighted by molar-refractivity contribution is 0.392. The quantitative estimate of drug-likeness (QED) is 0.493. The van der Waals surface area contributed by atoms with E-state index in [1.807, 2.05) is 13.8 Å². The lowest BCUT2D eigenvalue weighted by atomic mass is 10.1. The van der Waals surface area contributed by atoms with Gasteiger partial charge in [0.05, 0.1) is 5.69 Å². The molecule has 0 aromatic carbocycles. The van der Waals surface area contributed by atoms with Crippen LogP contribution in [0.25, 0.3) is 0 Å². The maximum Gasteiger partial charge on any atom is 0.191 e. The van der Waals surface area contributed by atoms with Gasteiger partial charge in [-0.25, -0.2) is 0 Å². The van der Waals surface area contributed by atoms with Crippen LogP contribution in [0.4, 0.5) is 0 Å². The van der Waals surface area contributed by atoms with E-state index < -0.39 is 0 Å². The van der Waals surface area contributed by atoms with Crippen LogP contribution in [0.5, 0.6) is 0 Å². The number of aliphatic imine (C=N–C) groups is 1. The third kappa shape index (κ3) is 3.59. The van der Waals surface area contributed by atoms with E-state index in [4.69, 9.17) is 4.52 Å². The maximum absolute atomic E-state index is 5.15. The van der Waals surface area contributed by atoms with Crippen molar-refractivity contribution in [1.82, 2.24) is 15.8 Å². The number of nitrogens with zero attached hydrogens (tertiary/aromatic N) is 2. The summed E-state index contributed by atoms with van der Waals surface area (Å²) in [6.45, 7) is 4.75. The Bertz CT molecular complexity index is 448. The Hall–Kier alpha value is -1.78. The molecule has 1 aliphatic carbocycles. The summed E-state index contributed by atoms with van der Waals surface area (Å²) in [4.78, 5) is 4.24. The molecule has 0 radical (unpaired) electrons. The first-order chi connectivity index (χ1) is 9.20. The van der Waals surface area contributed by atoms with E-state index in [1.165, 1.54) is 5.56 Å². The zero-order chi connectivity index (χ0) is 13.7. The zero-order valence-electron chi connectivity index (χ0n) is 11.9. The van der Waals surface area contributed by atoms with Crippen molar-refractivity contribution in [2.75, 3.05) is 13.6 Å². The highest BCUT2D eigenvalue weighted by molar-refractivity contribution is 5.80. The topological polar surface area (TPSA) is 62.5 Å². The maximum atomic E-state index is 5.15. The second kappa shape index (κ2) is 6.41. The van der Waals surface area contributed by atoms with Crippen LogP contribution in [0, 0.1) is 13.8 Å². The largest absolute Gasteiger partial charge is 0.361 e. The zero-order valence-corrected chi connectivity index (χ0v) is 11.9. The molecule has 0 saturated heterocycles. The Morgan fingerprint density at radius 2 is 2.16 bits per heavy atom. The number of nitrogens with one attached hydrogen (secondary N) is 2. The molecule has 0 unspecified atom stereocenters. The molecule has 0 spiro atoms. The van der Waals surface area contributed by atoms with Crippen LogP contribution in [-0.2, 0) is 6.42 Å². The van der Waals surface area contributed by atoms with Crippen molar-refractivity contribution < 1.29 is 4.52 Å². The van der Waals surface area contributed by atoms with Gasteiger partial charge in [0, 0.05) is 25.2 Å². The van der Waals surface area contributed by atoms with Crippen molar-refractivity contribution in [1.29, 1.82) is 0 Å². The molecule has 5 nitrogen and oxygen atoms in total. The summed E-state index contributed by atoms with van der Waals surface area (Å²) in [5.74, 6) is 1.77. The van der Waals surface area contributed by atoms with Crippen LogP contribution >= 0.6 is 0 Å². The van der Waals surface area contributed by atoms with Crippen molar-refractivity contribution in [2.24, 2.45) is 4.99 Å². The van der Waals surface area contributed by atoms with Crippen LogP contribution in [0.1, 0.15) is 29.9 Å². The summed E-state index contributed by atoms with van der Waals surface area (Å²) >= 11 is 0.